The van der Waals surface area contributed by atoms with Crippen molar-refractivity contribution in [2.45, 2.75) is 0 Å². The lowest BCUT2D eigenvalue weighted by molar-refractivity contribution is 0.561. The van der Waals surface area contributed by atoms with E-state index in [1.807, 2.05) is 18.2 Å². The van der Waals surface area contributed by atoms with Crippen molar-refractivity contribution >= 4 is 18.2 Å². The number of anilines is 1. The first-order chi connectivity index (χ1) is 5.38. The smallest absolute Gasteiger partial charge is 0.314 e. The molecule has 2 heteroatoms. The van der Waals surface area contributed by atoms with E-state index < -0.39 is 0 Å². The number of benzene rings is 1. The van der Waals surface area contributed by atoms with E-state index in [9.17, 15) is 4.79 Å². The molecular weight excluding hydrogens is 138 g/mol. The average Bonchev–Trinajstić information content (AvgIpc) is 2.06. The first kappa shape index (κ1) is 7.54. The molecule has 1 rings (SSSR count). The minimum Gasteiger partial charge on any atom is -0.317 e. The Morgan fingerprint density at radius 1 is 1.45 bits per heavy atom. The third-order valence-electron chi connectivity index (χ3n) is 1.37. The predicted molar refractivity (Wildman–Crippen MR) is 45.8 cm³/mol. The molecule has 0 bridgehead atoms. The molecule has 1 amide bonds. The van der Waals surface area contributed by atoms with Gasteiger partial charge in [-0.3, -0.25) is 4.79 Å². The van der Waals surface area contributed by atoms with Crippen molar-refractivity contribution in [1.29, 1.82) is 0 Å². The zero-order valence-electron chi connectivity index (χ0n) is 6.00. The quantitative estimate of drug-likeness (QED) is 0.647. The summed E-state index contributed by atoms with van der Waals surface area (Å²) in [6, 6.07) is 7.38. The van der Waals surface area contributed by atoms with Crippen molar-refractivity contribution in [2.24, 2.45) is 0 Å². The summed E-state index contributed by atoms with van der Waals surface area (Å²) < 4.78 is 0. The van der Waals surface area contributed by atoms with Gasteiger partial charge in [-0.25, -0.2) is 0 Å². The number of amides is 1. The lowest BCUT2D eigenvalue weighted by atomic mass is 10.2. The molecule has 0 saturated carbocycles. The van der Waals surface area contributed by atoms with E-state index in [-0.39, 0.29) is 0 Å². The van der Waals surface area contributed by atoms with Crippen LogP contribution in [-0.2, 0) is 4.79 Å². The van der Waals surface area contributed by atoms with Crippen molar-refractivity contribution in [3.05, 3.63) is 36.4 Å². The maximum atomic E-state index is 9.97. The summed E-state index contributed by atoms with van der Waals surface area (Å²) in [5.74, 6) is 0. The minimum atomic E-state index is 0.734. The highest BCUT2D eigenvalue weighted by molar-refractivity contribution is 5.78. The normalized spacial score (nSPS) is 8.73. The van der Waals surface area contributed by atoms with Crippen molar-refractivity contribution in [2.75, 3.05) is 5.32 Å². The van der Waals surface area contributed by atoms with Gasteiger partial charge in [-0.1, -0.05) is 30.9 Å². The Labute approximate surface area is 65.5 Å². The number of hydrogen-bond acceptors (Lipinski definition) is 1. The summed E-state index contributed by atoms with van der Waals surface area (Å²) in [6.45, 7) is 3.60. The largest absolute Gasteiger partial charge is 0.317 e. The molecule has 11 heavy (non-hydrogen) atoms. The van der Waals surface area contributed by atoms with E-state index in [1.165, 1.54) is 0 Å². The highest BCUT2D eigenvalue weighted by Gasteiger charge is 1.94. The van der Waals surface area contributed by atoms with Crippen molar-refractivity contribution in [3.63, 3.8) is 0 Å². The molecule has 1 N–H and O–H groups in total. The number of para-hydroxylation sites is 1. The van der Waals surface area contributed by atoms with Crippen LogP contribution in [0.4, 0.5) is 5.69 Å². The standard InChI is InChI=1S/C9H8NO/c1-2-8-5-3-4-6-9(8)10-7-11/h2-6H,1H2,(H,10,11). The van der Waals surface area contributed by atoms with Crippen LogP contribution in [0.25, 0.3) is 6.08 Å². The second kappa shape index (κ2) is 3.56. The fourth-order valence-corrected chi connectivity index (χ4v) is 0.844. The third kappa shape index (κ3) is 1.67. The van der Waals surface area contributed by atoms with E-state index in [1.54, 1.807) is 18.6 Å². The molecule has 0 aromatic heterocycles. The zero-order chi connectivity index (χ0) is 8.10. The van der Waals surface area contributed by atoms with Gasteiger partial charge in [0, 0.05) is 5.69 Å². The lowest BCUT2D eigenvalue weighted by Crippen LogP contribution is -1.94. The van der Waals surface area contributed by atoms with Crippen LogP contribution in [0, 0.1) is 0 Å². The van der Waals surface area contributed by atoms with Crippen LogP contribution in [0.1, 0.15) is 5.56 Å². The Kier molecular flexibility index (Phi) is 2.44. The van der Waals surface area contributed by atoms with Crippen LogP contribution in [0.2, 0.25) is 0 Å². The molecule has 0 saturated heterocycles. The Bertz CT molecular complexity index is 268. The van der Waals surface area contributed by atoms with E-state index in [0.29, 0.717) is 0 Å². The van der Waals surface area contributed by atoms with E-state index in [2.05, 4.69) is 11.9 Å². The summed E-state index contributed by atoms with van der Waals surface area (Å²) in [5.41, 5.74) is 1.63. The second-order valence-electron chi connectivity index (χ2n) is 2.02. The van der Waals surface area contributed by atoms with Crippen LogP contribution >= 0.6 is 0 Å². The van der Waals surface area contributed by atoms with Gasteiger partial charge in [-0.15, -0.1) is 0 Å². The molecule has 0 heterocycles. The van der Waals surface area contributed by atoms with Gasteiger partial charge in [0.15, 0.2) is 0 Å². The monoisotopic (exact) mass is 146 g/mol. The molecule has 2 nitrogen and oxygen atoms in total. The maximum absolute atomic E-state index is 9.97. The second-order valence-corrected chi connectivity index (χ2v) is 2.02. The molecular formula is C9H8NO. The lowest BCUT2D eigenvalue weighted by Gasteiger charge is -2.00. The third-order valence-corrected chi connectivity index (χ3v) is 1.37. The molecule has 55 valence electrons. The fourth-order valence-electron chi connectivity index (χ4n) is 0.844. The summed E-state index contributed by atoms with van der Waals surface area (Å²) in [6.07, 6.45) is 3.29. The highest BCUT2D eigenvalue weighted by atomic mass is 16.1. The van der Waals surface area contributed by atoms with E-state index in [4.69, 9.17) is 0 Å². The maximum Gasteiger partial charge on any atom is 0.314 e. The Morgan fingerprint density at radius 2 is 2.18 bits per heavy atom. The molecule has 0 aliphatic rings. The van der Waals surface area contributed by atoms with Crippen LogP contribution in [-0.4, -0.2) is 6.41 Å². The summed E-state index contributed by atoms with van der Waals surface area (Å²) >= 11 is 0. The fraction of sp³-hybridized carbons (Fsp3) is 0. The zero-order valence-corrected chi connectivity index (χ0v) is 6.00. The number of carbonyl (C=O) groups excluding carboxylic acids is 1. The minimum absolute atomic E-state index is 0.734. The van der Waals surface area contributed by atoms with Gasteiger partial charge < -0.3 is 5.32 Å². The molecule has 0 aliphatic carbocycles. The summed E-state index contributed by atoms with van der Waals surface area (Å²) in [5, 5.41) is 2.45. The van der Waals surface area contributed by atoms with Crippen LogP contribution in [0.3, 0.4) is 0 Å². The number of rotatable bonds is 3. The van der Waals surface area contributed by atoms with Gasteiger partial charge in [-0.2, -0.15) is 0 Å². The Morgan fingerprint density at radius 3 is 2.82 bits per heavy atom. The van der Waals surface area contributed by atoms with Crippen molar-refractivity contribution in [1.82, 2.24) is 0 Å². The van der Waals surface area contributed by atoms with Crippen molar-refractivity contribution < 1.29 is 4.79 Å². The van der Waals surface area contributed by atoms with Crippen molar-refractivity contribution in [3.8, 4) is 0 Å². The average molecular weight is 146 g/mol. The topological polar surface area (TPSA) is 29.1 Å². The van der Waals surface area contributed by atoms with Crippen LogP contribution < -0.4 is 5.32 Å². The van der Waals surface area contributed by atoms with Gasteiger partial charge in [0.05, 0.1) is 0 Å². The highest BCUT2D eigenvalue weighted by Crippen LogP contribution is 2.14. The molecule has 0 fully saturated rings. The molecule has 0 spiro atoms. The number of nitrogens with one attached hydrogen (secondary N) is 1. The van der Waals surface area contributed by atoms with Crippen LogP contribution in [0.5, 0.6) is 0 Å². The van der Waals surface area contributed by atoms with Gasteiger partial charge in [0.2, 0.25) is 0 Å². The first-order valence-electron chi connectivity index (χ1n) is 3.23. The predicted octanol–water partition coefficient (Wildman–Crippen LogP) is 1.81. The molecule has 1 radical (unpaired) electrons. The van der Waals surface area contributed by atoms with E-state index in [0.717, 1.165) is 11.3 Å². The Hall–Kier alpha value is -1.57. The number of hydrogen-bond donors (Lipinski definition) is 1. The first-order valence-corrected chi connectivity index (χ1v) is 3.23. The molecule has 0 unspecified atom stereocenters. The molecule has 0 atom stereocenters. The van der Waals surface area contributed by atoms with Crippen LogP contribution in [0.15, 0.2) is 30.8 Å². The summed E-state index contributed by atoms with van der Waals surface area (Å²) in [4.78, 5) is 9.97. The van der Waals surface area contributed by atoms with Gasteiger partial charge >= 0.3 is 6.41 Å². The Balaban J connectivity index is 3.01. The van der Waals surface area contributed by atoms with Gasteiger partial charge in [0.25, 0.3) is 0 Å². The molecule has 1 aromatic carbocycles. The molecule has 1 aromatic rings. The molecule has 0 aliphatic heterocycles. The van der Waals surface area contributed by atoms with E-state index >= 15 is 0 Å². The summed E-state index contributed by atoms with van der Waals surface area (Å²) in [7, 11) is 0. The van der Waals surface area contributed by atoms with Gasteiger partial charge in [0.1, 0.15) is 0 Å². The van der Waals surface area contributed by atoms with Gasteiger partial charge in [-0.05, 0) is 11.6 Å². The SMILES string of the molecule is C=Cc1ccccc1N[C]=O.